The minimum absolute atomic E-state index is 0.152. The van der Waals surface area contributed by atoms with Gasteiger partial charge in [-0.2, -0.15) is 0 Å². The van der Waals surface area contributed by atoms with Crippen LogP contribution in [0.15, 0.2) is 30.3 Å². The lowest BCUT2D eigenvalue weighted by Gasteiger charge is -2.23. The highest BCUT2D eigenvalue weighted by atomic mass is 16.5. The molecule has 17 heavy (non-hydrogen) atoms. The molecular formula is C14H23NO2. The van der Waals surface area contributed by atoms with Gasteiger partial charge in [0.05, 0.1) is 13.2 Å². The van der Waals surface area contributed by atoms with Crippen molar-refractivity contribution in [2.24, 2.45) is 0 Å². The summed E-state index contributed by atoms with van der Waals surface area (Å²) in [5.74, 6) is 0. The predicted molar refractivity (Wildman–Crippen MR) is 70.1 cm³/mol. The lowest BCUT2D eigenvalue weighted by molar-refractivity contribution is 0.147. The maximum absolute atomic E-state index is 9.21. The van der Waals surface area contributed by atoms with E-state index < -0.39 is 0 Å². The van der Waals surface area contributed by atoms with Gasteiger partial charge >= 0.3 is 0 Å². The third-order valence-corrected chi connectivity index (χ3v) is 2.88. The van der Waals surface area contributed by atoms with Crippen molar-refractivity contribution in [1.29, 1.82) is 0 Å². The van der Waals surface area contributed by atoms with E-state index in [0.29, 0.717) is 6.61 Å². The van der Waals surface area contributed by atoms with Crippen LogP contribution in [-0.2, 0) is 11.2 Å². The van der Waals surface area contributed by atoms with E-state index in [2.05, 4.69) is 24.4 Å². The largest absolute Gasteiger partial charge is 0.395 e. The van der Waals surface area contributed by atoms with Gasteiger partial charge in [-0.05, 0) is 18.4 Å². The minimum Gasteiger partial charge on any atom is -0.395 e. The number of aliphatic hydroxyl groups excluding tert-OH is 1. The van der Waals surface area contributed by atoms with Crippen LogP contribution in [0.4, 0.5) is 0 Å². The van der Waals surface area contributed by atoms with E-state index in [1.165, 1.54) is 5.56 Å². The number of ether oxygens (including phenoxy) is 1. The lowest BCUT2D eigenvalue weighted by Crippen LogP contribution is -2.43. The van der Waals surface area contributed by atoms with E-state index in [-0.39, 0.29) is 18.7 Å². The van der Waals surface area contributed by atoms with Gasteiger partial charge in [0.2, 0.25) is 0 Å². The molecule has 3 heteroatoms. The Morgan fingerprint density at radius 2 is 1.94 bits per heavy atom. The predicted octanol–water partition coefficient (Wildman–Crippen LogP) is 1.60. The molecule has 0 aliphatic rings. The van der Waals surface area contributed by atoms with E-state index >= 15 is 0 Å². The Morgan fingerprint density at radius 1 is 1.24 bits per heavy atom. The fourth-order valence-electron chi connectivity index (χ4n) is 1.90. The van der Waals surface area contributed by atoms with Crippen molar-refractivity contribution in [1.82, 2.24) is 5.32 Å². The average Bonchev–Trinajstić information content (AvgIpc) is 2.37. The zero-order chi connectivity index (χ0) is 12.5. The smallest absolute Gasteiger partial charge is 0.0619 e. The topological polar surface area (TPSA) is 41.5 Å². The standard InChI is InChI=1S/C14H23NO2/c1-3-13(10-16)15-14(11-17-2)9-12-7-5-4-6-8-12/h4-8,13-16H,3,9-11H2,1-2H3. The van der Waals surface area contributed by atoms with Crippen LogP contribution < -0.4 is 5.32 Å². The fraction of sp³-hybridized carbons (Fsp3) is 0.571. The molecule has 1 aromatic carbocycles. The van der Waals surface area contributed by atoms with Gasteiger partial charge in [0, 0.05) is 19.2 Å². The number of benzene rings is 1. The number of methoxy groups -OCH3 is 1. The Bertz CT molecular complexity index is 286. The summed E-state index contributed by atoms with van der Waals surface area (Å²) >= 11 is 0. The SMILES string of the molecule is CCC(CO)NC(COC)Cc1ccccc1. The van der Waals surface area contributed by atoms with E-state index in [9.17, 15) is 5.11 Å². The molecule has 0 spiro atoms. The van der Waals surface area contributed by atoms with Gasteiger partial charge < -0.3 is 15.2 Å². The van der Waals surface area contributed by atoms with Crippen molar-refractivity contribution in [2.45, 2.75) is 31.8 Å². The third-order valence-electron chi connectivity index (χ3n) is 2.88. The monoisotopic (exact) mass is 237 g/mol. The van der Waals surface area contributed by atoms with E-state index in [1.54, 1.807) is 7.11 Å². The van der Waals surface area contributed by atoms with Crippen molar-refractivity contribution in [3.63, 3.8) is 0 Å². The van der Waals surface area contributed by atoms with Crippen molar-refractivity contribution in [3.05, 3.63) is 35.9 Å². The quantitative estimate of drug-likeness (QED) is 0.721. The molecule has 2 unspecified atom stereocenters. The highest BCUT2D eigenvalue weighted by molar-refractivity contribution is 5.16. The van der Waals surface area contributed by atoms with Gasteiger partial charge in [0.15, 0.2) is 0 Å². The van der Waals surface area contributed by atoms with Crippen LogP contribution >= 0.6 is 0 Å². The summed E-state index contributed by atoms with van der Waals surface area (Å²) < 4.78 is 5.22. The Hall–Kier alpha value is -0.900. The van der Waals surface area contributed by atoms with Gasteiger partial charge in [0.1, 0.15) is 0 Å². The summed E-state index contributed by atoms with van der Waals surface area (Å²) in [6.07, 6.45) is 1.84. The molecule has 0 aromatic heterocycles. The molecule has 0 bridgehead atoms. The first-order valence-corrected chi connectivity index (χ1v) is 6.19. The maximum Gasteiger partial charge on any atom is 0.0619 e. The molecule has 3 nitrogen and oxygen atoms in total. The maximum atomic E-state index is 9.21. The van der Waals surface area contributed by atoms with Crippen LogP contribution in [0.25, 0.3) is 0 Å². The first-order valence-electron chi connectivity index (χ1n) is 6.19. The Balaban J connectivity index is 2.53. The highest BCUT2D eigenvalue weighted by Crippen LogP contribution is 2.05. The highest BCUT2D eigenvalue weighted by Gasteiger charge is 2.13. The second kappa shape index (κ2) is 8.23. The Labute approximate surface area is 104 Å². The molecule has 1 rings (SSSR count). The zero-order valence-corrected chi connectivity index (χ0v) is 10.7. The minimum atomic E-state index is 0.152. The van der Waals surface area contributed by atoms with Crippen molar-refractivity contribution in [3.8, 4) is 0 Å². The van der Waals surface area contributed by atoms with Crippen LogP contribution in [0.5, 0.6) is 0 Å². The van der Waals surface area contributed by atoms with Gasteiger partial charge in [-0.3, -0.25) is 0 Å². The summed E-state index contributed by atoms with van der Waals surface area (Å²) in [7, 11) is 1.71. The first-order chi connectivity index (χ1) is 8.30. The molecular weight excluding hydrogens is 214 g/mol. The molecule has 96 valence electrons. The summed E-state index contributed by atoms with van der Waals surface area (Å²) in [6.45, 7) is 2.90. The number of rotatable bonds is 8. The summed E-state index contributed by atoms with van der Waals surface area (Å²) in [6, 6.07) is 10.7. The van der Waals surface area contributed by atoms with Crippen molar-refractivity contribution >= 4 is 0 Å². The van der Waals surface area contributed by atoms with Crippen molar-refractivity contribution in [2.75, 3.05) is 20.3 Å². The molecule has 0 fully saturated rings. The molecule has 0 aliphatic heterocycles. The van der Waals surface area contributed by atoms with Crippen LogP contribution in [-0.4, -0.2) is 37.5 Å². The van der Waals surface area contributed by atoms with E-state index in [0.717, 1.165) is 12.8 Å². The number of hydrogen-bond acceptors (Lipinski definition) is 3. The first kappa shape index (κ1) is 14.2. The molecule has 0 radical (unpaired) electrons. The van der Waals surface area contributed by atoms with Gasteiger partial charge in [0.25, 0.3) is 0 Å². The van der Waals surface area contributed by atoms with Gasteiger partial charge in [-0.25, -0.2) is 0 Å². The number of aliphatic hydroxyl groups is 1. The van der Waals surface area contributed by atoms with Crippen LogP contribution in [0.1, 0.15) is 18.9 Å². The Kier molecular flexibility index (Phi) is 6.86. The van der Waals surface area contributed by atoms with Crippen LogP contribution in [0, 0.1) is 0 Å². The molecule has 0 saturated heterocycles. The average molecular weight is 237 g/mol. The van der Waals surface area contributed by atoms with Crippen LogP contribution in [0.3, 0.4) is 0 Å². The second-order valence-electron chi connectivity index (χ2n) is 4.30. The molecule has 2 atom stereocenters. The number of hydrogen-bond donors (Lipinski definition) is 2. The summed E-state index contributed by atoms with van der Waals surface area (Å²) in [5.41, 5.74) is 1.29. The van der Waals surface area contributed by atoms with Gasteiger partial charge in [-0.15, -0.1) is 0 Å². The van der Waals surface area contributed by atoms with E-state index in [4.69, 9.17) is 4.74 Å². The van der Waals surface area contributed by atoms with Gasteiger partial charge in [-0.1, -0.05) is 37.3 Å². The van der Waals surface area contributed by atoms with Crippen LogP contribution in [0.2, 0.25) is 0 Å². The number of nitrogens with one attached hydrogen (secondary N) is 1. The zero-order valence-electron chi connectivity index (χ0n) is 10.7. The van der Waals surface area contributed by atoms with Crippen molar-refractivity contribution < 1.29 is 9.84 Å². The molecule has 0 saturated carbocycles. The summed E-state index contributed by atoms with van der Waals surface area (Å²) in [4.78, 5) is 0. The normalized spacial score (nSPS) is 14.5. The van der Waals surface area contributed by atoms with E-state index in [1.807, 2.05) is 18.2 Å². The lowest BCUT2D eigenvalue weighted by atomic mass is 10.1. The molecule has 0 amide bonds. The molecule has 2 N–H and O–H groups in total. The second-order valence-corrected chi connectivity index (χ2v) is 4.30. The Morgan fingerprint density at radius 3 is 2.47 bits per heavy atom. The fourth-order valence-corrected chi connectivity index (χ4v) is 1.90. The molecule has 1 aromatic rings. The molecule has 0 aliphatic carbocycles. The third kappa shape index (κ3) is 5.31. The molecule has 0 heterocycles. The summed E-state index contributed by atoms with van der Waals surface area (Å²) in [5, 5.41) is 12.6.